The summed E-state index contributed by atoms with van der Waals surface area (Å²) in [5.74, 6) is -1.64. The van der Waals surface area contributed by atoms with Crippen LogP contribution < -0.4 is 25.0 Å². The van der Waals surface area contributed by atoms with Gasteiger partial charge in [-0.25, -0.2) is 4.98 Å². The molecule has 0 fully saturated rings. The molecule has 0 saturated heterocycles. The van der Waals surface area contributed by atoms with Crippen molar-refractivity contribution in [2.24, 2.45) is 0 Å². The highest BCUT2D eigenvalue weighted by Gasteiger charge is 2.34. The van der Waals surface area contributed by atoms with Gasteiger partial charge in [0, 0.05) is 23.1 Å². The van der Waals surface area contributed by atoms with Gasteiger partial charge in [0.1, 0.15) is 21.2 Å². The molecule has 0 unspecified atom stereocenters. The molecule has 0 aliphatic carbocycles. The Balaban J connectivity index is 1.47. The van der Waals surface area contributed by atoms with Crippen molar-refractivity contribution in [3.8, 4) is 45.5 Å². The van der Waals surface area contributed by atoms with E-state index >= 15 is 0 Å². The summed E-state index contributed by atoms with van der Waals surface area (Å²) in [5, 5.41) is 16.9. The van der Waals surface area contributed by atoms with E-state index in [4.69, 9.17) is 20.0 Å². The van der Waals surface area contributed by atoms with Crippen LogP contribution in [0.2, 0.25) is 0 Å². The van der Waals surface area contributed by atoms with Crippen LogP contribution >= 0.6 is 11.3 Å². The molecule has 13 heteroatoms. The van der Waals surface area contributed by atoms with E-state index in [2.05, 4.69) is 10.0 Å². The number of ketones is 1. The fourth-order valence-corrected chi connectivity index (χ4v) is 5.73. The van der Waals surface area contributed by atoms with E-state index in [1.54, 1.807) is 7.11 Å². The number of alkyl halides is 3. The standard InChI is InChI=1S/C31H21F3N4O5S/c1-16-3-5-17(6-4-16)22-15-23(18-7-11-20(41-2)12-8-18)36-29-24(22)25(35)28(44-29)27(39)26-30(40)43-37-38(26)19-9-13-21(14-10-19)42-31(32,33)34/h3-15H,1-2H3,(H2-,35,37,39,40). The zero-order valence-electron chi connectivity index (χ0n) is 23.0. The zero-order valence-corrected chi connectivity index (χ0v) is 23.8. The predicted molar refractivity (Wildman–Crippen MR) is 154 cm³/mol. The lowest BCUT2D eigenvalue weighted by Gasteiger charge is -2.10. The number of aryl methyl sites for hydroxylation is 1. The third-order valence-corrected chi connectivity index (χ3v) is 7.89. The largest absolute Gasteiger partial charge is 0.573 e. The molecule has 0 saturated carbocycles. The predicted octanol–water partition coefficient (Wildman–Crippen LogP) is 6.00. The van der Waals surface area contributed by atoms with Crippen molar-refractivity contribution in [3.63, 3.8) is 0 Å². The monoisotopic (exact) mass is 618 g/mol. The summed E-state index contributed by atoms with van der Waals surface area (Å²) in [4.78, 5) is 19.2. The van der Waals surface area contributed by atoms with E-state index in [1.807, 2.05) is 61.5 Å². The minimum absolute atomic E-state index is 0.0267. The number of carbonyl (C=O) groups excluding carboxylic acids is 1. The number of anilines is 1. The smallest absolute Gasteiger partial charge is 0.539 e. The van der Waals surface area contributed by atoms with Crippen LogP contribution in [0.4, 0.5) is 18.9 Å². The average Bonchev–Trinajstić information content (AvgIpc) is 3.56. The van der Waals surface area contributed by atoms with Crippen molar-refractivity contribution >= 4 is 33.0 Å². The molecule has 3 aromatic heterocycles. The van der Waals surface area contributed by atoms with Crippen molar-refractivity contribution in [3.05, 3.63) is 95.0 Å². The van der Waals surface area contributed by atoms with Crippen LogP contribution in [-0.4, -0.2) is 29.5 Å². The molecule has 0 aliphatic heterocycles. The Hall–Kier alpha value is -5.43. The average molecular weight is 619 g/mol. The number of hydrogen-bond acceptors (Lipinski definition) is 9. The second kappa shape index (κ2) is 11.0. The number of methoxy groups -OCH3 is 1. The molecule has 6 aromatic rings. The summed E-state index contributed by atoms with van der Waals surface area (Å²) in [7, 11) is 1.58. The van der Waals surface area contributed by atoms with Crippen LogP contribution in [-0.2, 0) is 0 Å². The Kier molecular flexibility index (Phi) is 7.17. The molecule has 0 spiro atoms. The molecule has 0 radical (unpaired) electrons. The number of halogens is 3. The number of thiophene rings is 1. The van der Waals surface area contributed by atoms with Crippen molar-refractivity contribution in [1.29, 1.82) is 0 Å². The first-order valence-corrected chi connectivity index (χ1v) is 13.8. The molecule has 44 heavy (non-hydrogen) atoms. The van der Waals surface area contributed by atoms with Gasteiger partial charge in [-0.15, -0.1) is 24.5 Å². The Labute approximate surface area is 251 Å². The molecule has 6 rings (SSSR count). The lowest BCUT2D eigenvalue weighted by Crippen LogP contribution is -2.39. The molecule has 0 atom stereocenters. The van der Waals surface area contributed by atoms with Crippen LogP contribution in [0.1, 0.15) is 20.9 Å². The summed E-state index contributed by atoms with van der Waals surface area (Å²) >= 11 is 1.00. The summed E-state index contributed by atoms with van der Waals surface area (Å²) < 4.78 is 52.6. The van der Waals surface area contributed by atoms with Crippen LogP contribution in [0, 0.1) is 6.92 Å². The maximum atomic E-state index is 13.9. The number of ether oxygens (including phenoxy) is 2. The number of nitrogens with two attached hydrogens (primary N) is 1. The number of benzene rings is 3. The number of carbonyl (C=O) groups is 1. The fraction of sp³-hybridized carbons (Fsp3) is 0.0968. The van der Waals surface area contributed by atoms with E-state index < -0.39 is 29.5 Å². The van der Waals surface area contributed by atoms with Crippen LogP contribution in [0.5, 0.6) is 17.4 Å². The van der Waals surface area contributed by atoms with Gasteiger partial charge in [0.2, 0.25) is 5.69 Å². The third kappa shape index (κ3) is 5.40. The molecule has 0 bridgehead atoms. The van der Waals surface area contributed by atoms with Crippen molar-refractivity contribution in [1.82, 2.24) is 10.3 Å². The highest BCUT2D eigenvalue weighted by atomic mass is 32.1. The first-order chi connectivity index (χ1) is 21.0. The first kappa shape index (κ1) is 28.7. The van der Waals surface area contributed by atoms with E-state index in [-0.39, 0.29) is 16.3 Å². The lowest BCUT2D eigenvalue weighted by atomic mass is 9.98. The SMILES string of the molecule is COc1ccc(-c2cc(-c3ccc(C)cc3)c3c(N)c(C(=O)c4c([O-])on[n+]4-c4ccc(OC(F)(F)F)cc4)sc3n2)cc1. The van der Waals surface area contributed by atoms with Crippen molar-refractivity contribution in [2.45, 2.75) is 13.3 Å². The van der Waals surface area contributed by atoms with Crippen LogP contribution in [0.25, 0.3) is 38.3 Å². The Morgan fingerprint density at radius 1 is 0.977 bits per heavy atom. The Morgan fingerprint density at radius 2 is 1.61 bits per heavy atom. The van der Waals surface area contributed by atoms with Crippen molar-refractivity contribution in [2.75, 3.05) is 12.8 Å². The molecule has 2 N–H and O–H groups in total. The highest BCUT2D eigenvalue weighted by Crippen LogP contribution is 2.42. The summed E-state index contributed by atoms with van der Waals surface area (Å²) in [6, 6.07) is 21.5. The fourth-order valence-electron chi connectivity index (χ4n) is 4.67. The van der Waals surface area contributed by atoms with Crippen molar-refractivity contribution < 1.29 is 41.8 Å². The summed E-state index contributed by atoms with van der Waals surface area (Å²) in [5.41, 5.74) is 10.4. The van der Waals surface area contributed by atoms with Gasteiger partial charge in [-0.1, -0.05) is 29.8 Å². The second-order valence-corrected chi connectivity index (χ2v) is 10.7. The lowest BCUT2D eigenvalue weighted by molar-refractivity contribution is -0.672. The Bertz CT molecular complexity index is 2000. The highest BCUT2D eigenvalue weighted by molar-refractivity contribution is 7.21. The Morgan fingerprint density at radius 3 is 2.25 bits per heavy atom. The summed E-state index contributed by atoms with van der Waals surface area (Å²) in [6.07, 6.45) is -4.89. The number of fused-ring (bicyclic) bond motifs is 1. The van der Waals surface area contributed by atoms with E-state index in [0.717, 1.165) is 50.4 Å². The van der Waals surface area contributed by atoms with Gasteiger partial charge in [0.05, 0.1) is 23.8 Å². The minimum atomic E-state index is -4.89. The normalized spacial score (nSPS) is 11.6. The maximum absolute atomic E-state index is 13.9. The number of pyridine rings is 1. The molecular weight excluding hydrogens is 597 g/mol. The van der Waals surface area contributed by atoms with E-state index in [9.17, 15) is 23.1 Å². The van der Waals surface area contributed by atoms with Gasteiger partial charge in [0.25, 0.3) is 5.78 Å². The van der Waals surface area contributed by atoms with Crippen LogP contribution in [0.3, 0.4) is 0 Å². The minimum Gasteiger partial charge on any atom is -0.539 e. The topological polar surface area (TPSA) is 127 Å². The van der Waals surface area contributed by atoms with E-state index in [1.165, 1.54) is 12.1 Å². The molecule has 0 amide bonds. The molecule has 0 aliphatic rings. The van der Waals surface area contributed by atoms with Gasteiger partial charge in [-0.2, -0.15) is 0 Å². The second-order valence-electron chi connectivity index (χ2n) is 9.67. The number of aromatic nitrogens is 3. The van der Waals surface area contributed by atoms with Gasteiger partial charge >= 0.3 is 12.1 Å². The molecule has 9 nitrogen and oxygen atoms in total. The molecule has 3 heterocycles. The van der Waals surface area contributed by atoms with E-state index in [0.29, 0.717) is 21.7 Å². The van der Waals surface area contributed by atoms with Crippen LogP contribution in [0.15, 0.2) is 83.4 Å². The van der Waals surface area contributed by atoms with Gasteiger partial charge < -0.3 is 24.8 Å². The number of nitrogens with zero attached hydrogens (tertiary/aromatic N) is 3. The van der Waals surface area contributed by atoms with Gasteiger partial charge in [-0.05, 0) is 65.2 Å². The van der Waals surface area contributed by atoms with Gasteiger partial charge in [0.15, 0.2) is 5.95 Å². The third-order valence-electron chi connectivity index (χ3n) is 6.79. The molecular formula is C31H21F3N4O5S. The summed E-state index contributed by atoms with van der Waals surface area (Å²) in [6.45, 7) is 1.97. The van der Waals surface area contributed by atoms with Gasteiger partial charge in [-0.3, -0.25) is 4.79 Å². The number of hydrogen-bond donors (Lipinski definition) is 1. The number of rotatable bonds is 7. The first-order valence-electron chi connectivity index (χ1n) is 13.0. The number of nitrogen functional groups attached to an aromatic ring is 1. The maximum Gasteiger partial charge on any atom is 0.573 e. The quantitative estimate of drug-likeness (QED) is 0.171. The molecule has 3 aromatic carbocycles. The zero-order chi connectivity index (χ0) is 31.2. The molecule has 222 valence electrons.